The van der Waals surface area contributed by atoms with Crippen LogP contribution in [-0.4, -0.2) is 19.4 Å². The van der Waals surface area contributed by atoms with Gasteiger partial charge in [-0.1, -0.05) is 32.1 Å². The van der Waals surface area contributed by atoms with E-state index in [9.17, 15) is 8.42 Å². The van der Waals surface area contributed by atoms with E-state index in [-0.39, 0.29) is 15.9 Å². The molecule has 0 aromatic heterocycles. The first-order valence-corrected chi connectivity index (χ1v) is 9.04. The maximum Gasteiger partial charge on any atom is 0.240 e. The Morgan fingerprint density at radius 2 is 2.00 bits per heavy atom. The fraction of sp³-hybridized carbons (Fsp3) is 0.533. The number of benzene rings is 1. The first kappa shape index (κ1) is 16.4. The zero-order valence-electron chi connectivity index (χ0n) is 12.6. The summed E-state index contributed by atoms with van der Waals surface area (Å²) < 4.78 is 27.8. The Morgan fingerprint density at radius 3 is 2.48 bits per heavy atom. The van der Waals surface area contributed by atoms with Crippen molar-refractivity contribution in [3.8, 4) is 0 Å². The summed E-state index contributed by atoms with van der Waals surface area (Å²) in [6.45, 7) is 6.08. The molecule has 1 aliphatic carbocycles. The molecule has 4 nitrogen and oxygen atoms in total. The van der Waals surface area contributed by atoms with E-state index in [2.05, 4.69) is 18.6 Å². The third-order valence-corrected chi connectivity index (χ3v) is 6.25. The SMILES string of the molecule is Cc1cc(S(=O)(=O)NC2CCC(C)C2C)ccc1C(N)=S. The van der Waals surface area contributed by atoms with E-state index < -0.39 is 10.0 Å². The van der Waals surface area contributed by atoms with E-state index in [4.69, 9.17) is 18.0 Å². The van der Waals surface area contributed by atoms with E-state index >= 15 is 0 Å². The summed E-state index contributed by atoms with van der Waals surface area (Å²) in [6, 6.07) is 4.88. The summed E-state index contributed by atoms with van der Waals surface area (Å²) >= 11 is 4.94. The molecule has 2 rings (SSSR count). The van der Waals surface area contributed by atoms with Crippen molar-refractivity contribution in [1.29, 1.82) is 0 Å². The van der Waals surface area contributed by atoms with Gasteiger partial charge in [-0.15, -0.1) is 0 Å². The molecule has 0 heterocycles. The number of aryl methyl sites for hydroxylation is 1. The summed E-state index contributed by atoms with van der Waals surface area (Å²) in [5.74, 6) is 0.910. The minimum atomic E-state index is -3.50. The Kier molecular flexibility index (Phi) is 4.70. The Bertz CT molecular complexity index is 656. The molecule has 1 aromatic carbocycles. The second-order valence-electron chi connectivity index (χ2n) is 5.98. The lowest BCUT2D eigenvalue weighted by Crippen LogP contribution is -2.37. The molecular formula is C15H22N2O2S2. The highest BCUT2D eigenvalue weighted by Crippen LogP contribution is 2.32. The summed E-state index contributed by atoms with van der Waals surface area (Å²) in [6.07, 6.45) is 1.96. The molecule has 0 amide bonds. The van der Waals surface area contributed by atoms with Crippen LogP contribution in [0.4, 0.5) is 0 Å². The normalized spacial score (nSPS) is 26.0. The lowest BCUT2D eigenvalue weighted by molar-refractivity contribution is 0.402. The molecule has 0 bridgehead atoms. The van der Waals surface area contributed by atoms with Gasteiger partial charge in [-0.25, -0.2) is 13.1 Å². The maximum atomic E-state index is 12.5. The molecule has 0 saturated heterocycles. The van der Waals surface area contributed by atoms with Crippen LogP contribution in [-0.2, 0) is 10.0 Å². The zero-order valence-corrected chi connectivity index (χ0v) is 14.2. The minimum Gasteiger partial charge on any atom is -0.389 e. The van der Waals surface area contributed by atoms with E-state index in [0.29, 0.717) is 17.4 Å². The monoisotopic (exact) mass is 326 g/mol. The van der Waals surface area contributed by atoms with E-state index in [0.717, 1.165) is 18.4 Å². The molecule has 3 N–H and O–H groups in total. The molecule has 1 aliphatic rings. The second-order valence-corrected chi connectivity index (χ2v) is 8.14. The van der Waals surface area contributed by atoms with Gasteiger partial charge >= 0.3 is 0 Å². The van der Waals surface area contributed by atoms with Crippen molar-refractivity contribution in [3.63, 3.8) is 0 Å². The van der Waals surface area contributed by atoms with Crippen LogP contribution >= 0.6 is 12.2 Å². The molecule has 3 unspecified atom stereocenters. The number of hydrogen-bond donors (Lipinski definition) is 2. The molecule has 1 saturated carbocycles. The van der Waals surface area contributed by atoms with Crippen LogP contribution in [0.15, 0.2) is 23.1 Å². The van der Waals surface area contributed by atoms with Crippen molar-refractivity contribution in [2.75, 3.05) is 0 Å². The van der Waals surface area contributed by atoms with Crippen molar-refractivity contribution in [2.45, 2.75) is 44.6 Å². The Morgan fingerprint density at radius 1 is 1.33 bits per heavy atom. The van der Waals surface area contributed by atoms with Gasteiger partial charge in [0.25, 0.3) is 0 Å². The predicted molar refractivity (Wildman–Crippen MR) is 88.7 cm³/mol. The first-order chi connectivity index (χ1) is 9.72. The molecule has 1 fully saturated rings. The smallest absolute Gasteiger partial charge is 0.240 e. The van der Waals surface area contributed by atoms with Crippen LogP contribution in [0.2, 0.25) is 0 Å². The minimum absolute atomic E-state index is 0.0144. The molecule has 0 aliphatic heterocycles. The number of thiocarbonyl (C=S) groups is 1. The van der Waals surface area contributed by atoms with Gasteiger partial charge in [0.1, 0.15) is 4.99 Å². The average molecular weight is 326 g/mol. The van der Waals surface area contributed by atoms with E-state index in [1.54, 1.807) is 18.2 Å². The molecule has 0 spiro atoms. The quantitative estimate of drug-likeness (QED) is 0.833. The van der Waals surface area contributed by atoms with E-state index in [1.165, 1.54) is 0 Å². The average Bonchev–Trinajstić information content (AvgIpc) is 2.69. The summed E-state index contributed by atoms with van der Waals surface area (Å²) in [5, 5.41) is 0. The maximum absolute atomic E-state index is 12.5. The summed E-state index contributed by atoms with van der Waals surface area (Å²) in [7, 11) is -3.50. The third kappa shape index (κ3) is 3.44. The first-order valence-electron chi connectivity index (χ1n) is 7.15. The van der Waals surface area contributed by atoms with Crippen LogP contribution in [0.3, 0.4) is 0 Å². The highest BCUT2D eigenvalue weighted by Gasteiger charge is 2.33. The molecule has 6 heteroatoms. The topological polar surface area (TPSA) is 72.2 Å². The van der Waals surface area contributed by atoms with Gasteiger partial charge in [-0.3, -0.25) is 0 Å². The Balaban J connectivity index is 2.24. The van der Waals surface area contributed by atoms with Gasteiger partial charge in [0.15, 0.2) is 0 Å². The van der Waals surface area contributed by atoms with Crippen molar-refractivity contribution < 1.29 is 8.42 Å². The van der Waals surface area contributed by atoms with E-state index in [1.807, 2.05) is 6.92 Å². The van der Waals surface area contributed by atoms with Gasteiger partial charge in [-0.2, -0.15) is 0 Å². The second kappa shape index (κ2) is 6.02. The molecule has 116 valence electrons. The Hall–Kier alpha value is -0.980. The third-order valence-electron chi connectivity index (χ3n) is 4.55. The standard InChI is InChI=1S/C15H22N2O2S2/c1-9-4-7-14(11(9)3)17-21(18,19)12-5-6-13(15(16)20)10(2)8-12/h5-6,8-9,11,14,17H,4,7H2,1-3H3,(H2,16,20). The number of nitrogens with two attached hydrogens (primary N) is 1. The highest BCUT2D eigenvalue weighted by atomic mass is 32.2. The fourth-order valence-corrected chi connectivity index (χ4v) is 4.55. The van der Waals surface area contributed by atoms with Gasteiger partial charge in [-0.05, 0) is 49.3 Å². The van der Waals surface area contributed by atoms with Crippen molar-refractivity contribution in [2.24, 2.45) is 17.6 Å². The van der Waals surface area contributed by atoms with Crippen LogP contribution < -0.4 is 10.5 Å². The Labute approximate surface area is 132 Å². The summed E-state index contributed by atoms with van der Waals surface area (Å²) in [5.41, 5.74) is 7.10. The zero-order chi connectivity index (χ0) is 15.8. The highest BCUT2D eigenvalue weighted by molar-refractivity contribution is 7.89. The van der Waals surface area contributed by atoms with Crippen LogP contribution in [0.25, 0.3) is 0 Å². The molecule has 1 aromatic rings. The molecule has 3 atom stereocenters. The predicted octanol–water partition coefficient (Wildman–Crippen LogP) is 2.34. The largest absolute Gasteiger partial charge is 0.389 e. The van der Waals surface area contributed by atoms with Crippen LogP contribution in [0.5, 0.6) is 0 Å². The van der Waals surface area contributed by atoms with Crippen molar-refractivity contribution in [1.82, 2.24) is 4.72 Å². The molecule has 0 radical (unpaired) electrons. The molecular weight excluding hydrogens is 304 g/mol. The van der Waals surface area contributed by atoms with Crippen molar-refractivity contribution in [3.05, 3.63) is 29.3 Å². The van der Waals surface area contributed by atoms with Gasteiger partial charge in [0.2, 0.25) is 10.0 Å². The van der Waals surface area contributed by atoms with Crippen LogP contribution in [0, 0.1) is 18.8 Å². The lowest BCUT2D eigenvalue weighted by atomic mass is 9.98. The van der Waals surface area contributed by atoms with Crippen molar-refractivity contribution >= 4 is 27.2 Å². The molecule has 21 heavy (non-hydrogen) atoms. The number of nitrogens with one attached hydrogen (secondary N) is 1. The van der Waals surface area contributed by atoms with Gasteiger partial charge in [0, 0.05) is 11.6 Å². The van der Waals surface area contributed by atoms with Gasteiger partial charge < -0.3 is 5.73 Å². The summed E-state index contributed by atoms with van der Waals surface area (Å²) in [4.78, 5) is 0.550. The van der Waals surface area contributed by atoms with Crippen LogP contribution in [0.1, 0.15) is 37.8 Å². The lowest BCUT2D eigenvalue weighted by Gasteiger charge is -2.20. The number of sulfonamides is 1. The number of rotatable bonds is 4. The fourth-order valence-electron chi connectivity index (χ4n) is 2.88. The number of hydrogen-bond acceptors (Lipinski definition) is 3. The van der Waals surface area contributed by atoms with Gasteiger partial charge in [0.05, 0.1) is 4.90 Å².